The quantitative estimate of drug-likeness (QED) is 0.164. The summed E-state index contributed by atoms with van der Waals surface area (Å²) in [4.78, 5) is 29.6. The summed E-state index contributed by atoms with van der Waals surface area (Å²) in [6.07, 6.45) is 0.197. The average molecular weight is 699 g/mol. The number of anilines is 1. The van der Waals surface area contributed by atoms with Gasteiger partial charge in [-0.15, -0.1) is 0 Å². The number of halogens is 2. The molecule has 0 spiro atoms. The highest BCUT2D eigenvalue weighted by Crippen LogP contribution is 2.33. The van der Waals surface area contributed by atoms with Crippen LogP contribution in [0.25, 0.3) is 0 Å². The van der Waals surface area contributed by atoms with Crippen molar-refractivity contribution in [1.29, 1.82) is 0 Å². The van der Waals surface area contributed by atoms with E-state index in [0.717, 1.165) is 9.87 Å². The third kappa shape index (κ3) is 9.18. The highest BCUT2D eigenvalue weighted by molar-refractivity contribution is 7.92. The van der Waals surface area contributed by atoms with E-state index in [4.69, 9.17) is 32.7 Å². The van der Waals surface area contributed by atoms with Gasteiger partial charge in [-0.2, -0.15) is 0 Å². The van der Waals surface area contributed by atoms with Crippen LogP contribution in [0.2, 0.25) is 10.0 Å². The number of sulfonamides is 1. The molecule has 0 unspecified atom stereocenters. The lowest BCUT2D eigenvalue weighted by atomic mass is 10.0. The number of benzene rings is 4. The topological polar surface area (TPSA) is 105 Å². The molecule has 4 aromatic carbocycles. The Hall–Kier alpha value is -4.25. The number of rotatable bonds is 14. The first kappa shape index (κ1) is 35.6. The monoisotopic (exact) mass is 697 g/mol. The molecule has 0 fully saturated rings. The number of amides is 2. The van der Waals surface area contributed by atoms with Gasteiger partial charge in [0.1, 0.15) is 12.6 Å². The predicted molar refractivity (Wildman–Crippen MR) is 185 cm³/mol. The number of nitrogens with one attached hydrogen (secondary N) is 1. The van der Waals surface area contributed by atoms with E-state index in [1.54, 1.807) is 24.3 Å². The zero-order valence-electron chi connectivity index (χ0n) is 26.5. The van der Waals surface area contributed by atoms with Crippen LogP contribution in [0.4, 0.5) is 5.69 Å². The first-order valence-corrected chi connectivity index (χ1v) is 17.0. The van der Waals surface area contributed by atoms with Gasteiger partial charge in [0.15, 0.2) is 11.5 Å². The van der Waals surface area contributed by atoms with Crippen LogP contribution in [0.3, 0.4) is 0 Å². The van der Waals surface area contributed by atoms with E-state index >= 15 is 0 Å². The molecule has 248 valence electrons. The highest BCUT2D eigenvalue weighted by Gasteiger charge is 2.35. The summed E-state index contributed by atoms with van der Waals surface area (Å²) in [6.45, 7) is 3.07. The zero-order valence-corrected chi connectivity index (χ0v) is 28.9. The van der Waals surface area contributed by atoms with Crippen LogP contribution in [-0.2, 0) is 32.6 Å². The predicted octanol–water partition coefficient (Wildman–Crippen LogP) is 6.37. The minimum atomic E-state index is -4.37. The molecule has 12 heteroatoms. The minimum Gasteiger partial charge on any atom is -0.493 e. The van der Waals surface area contributed by atoms with Crippen molar-refractivity contribution in [2.24, 2.45) is 0 Å². The lowest BCUT2D eigenvalue weighted by Gasteiger charge is -2.34. The normalized spacial score (nSPS) is 11.9. The maximum atomic E-state index is 14.5. The van der Waals surface area contributed by atoms with Crippen LogP contribution < -0.4 is 19.1 Å². The molecule has 2 amide bonds. The average Bonchev–Trinajstić information content (AvgIpc) is 3.06. The summed E-state index contributed by atoms with van der Waals surface area (Å²) >= 11 is 12.3. The Morgan fingerprint density at radius 1 is 0.787 bits per heavy atom. The third-order valence-corrected chi connectivity index (χ3v) is 9.58. The van der Waals surface area contributed by atoms with E-state index in [1.807, 2.05) is 44.2 Å². The molecule has 0 aliphatic carbocycles. The first-order chi connectivity index (χ1) is 22.4. The van der Waals surface area contributed by atoms with Crippen molar-refractivity contribution < 1.29 is 27.5 Å². The van der Waals surface area contributed by atoms with Gasteiger partial charge >= 0.3 is 0 Å². The lowest BCUT2D eigenvalue weighted by molar-refractivity contribution is -0.140. The van der Waals surface area contributed by atoms with Gasteiger partial charge < -0.3 is 19.7 Å². The summed E-state index contributed by atoms with van der Waals surface area (Å²) in [5, 5.41) is 3.84. The smallest absolute Gasteiger partial charge is 0.264 e. The zero-order chi connectivity index (χ0) is 34.1. The molecule has 0 aliphatic rings. The molecule has 0 saturated carbocycles. The molecule has 0 radical (unpaired) electrons. The Balaban J connectivity index is 1.82. The highest BCUT2D eigenvalue weighted by atomic mass is 35.5. The van der Waals surface area contributed by atoms with Crippen LogP contribution >= 0.6 is 23.2 Å². The molecule has 4 aromatic rings. The third-order valence-electron chi connectivity index (χ3n) is 7.30. The van der Waals surface area contributed by atoms with Crippen molar-refractivity contribution in [2.75, 3.05) is 25.1 Å². The van der Waals surface area contributed by atoms with Gasteiger partial charge in [-0.25, -0.2) is 8.42 Å². The number of carbonyl (C=O) groups is 2. The number of nitrogens with zero attached hydrogens (tertiary/aromatic N) is 2. The lowest BCUT2D eigenvalue weighted by Crippen LogP contribution is -2.54. The van der Waals surface area contributed by atoms with E-state index in [0.29, 0.717) is 21.4 Å². The van der Waals surface area contributed by atoms with Crippen molar-refractivity contribution in [3.05, 3.63) is 118 Å². The molecular formula is C35H37Cl2N3O6S. The van der Waals surface area contributed by atoms with Crippen molar-refractivity contribution in [3.63, 3.8) is 0 Å². The number of methoxy groups -OCH3 is 2. The van der Waals surface area contributed by atoms with E-state index in [9.17, 15) is 18.0 Å². The van der Waals surface area contributed by atoms with E-state index in [2.05, 4.69) is 5.32 Å². The van der Waals surface area contributed by atoms with Gasteiger partial charge in [0.05, 0.1) is 24.8 Å². The molecule has 0 saturated heterocycles. The fourth-order valence-corrected chi connectivity index (χ4v) is 6.64. The molecule has 0 aromatic heterocycles. The molecule has 0 bridgehead atoms. The molecule has 1 atom stereocenters. The van der Waals surface area contributed by atoms with Gasteiger partial charge in [0.25, 0.3) is 10.0 Å². The van der Waals surface area contributed by atoms with Gasteiger partial charge in [0, 0.05) is 35.1 Å². The molecule has 1 N–H and O–H groups in total. The second-order valence-electron chi connectivity index (χ2n) is 11.0. The fourth-order valence-electron chi connectivity index (χ4n) is 4.96. The summed E-state index contributed by atoms with van der Waals surface area (Å²) in [7, 11) is -1.52. The van der Waals surface area contributed by atoms with E-state index < -0.39 is 28.5 Å². The van der Waals surface area contributed by atoms with Crippen molar-refractivity contribution >= 4 is 50.7 Å². The van der Waals surface area contributed by atoms with Gasteiger partial charge in [-0.3, -0.25) is 13.9 Å². The summed E-state index contributed by atoms with van der Waals surface area (Å²) < 4.78 is 40.3. The Labute approximate surface area is 286 Å². The first-order valence-electron chi connectivity index (χ1n) is 14.8. The number of ether oxygens (including phenoxy) is 2. The Bertz CT molecular complexity index is 1770. The van der Waals surface area contributed by atoms with Crippen LogP contribution in [0, 0.1) is 0 Å². The Morgan fingerprint density at radius 3 is 1.96 bits per heavy atom. The molecule has 0 aliphatic heterocycles. The van der Waals surface area contributed by atoms with Gasteiger partial charge in [-0.1, -0.05) is 65.7 Å². The summed E-state index contributed by atoms with van der Waals surface area (Å²) in [5.74, 6) is -0.422. The molecule has 9 nitrogen and oxygen atoms in total. The Kier molecular flexibility index (Phi) is 12.1. The second kappa shape index (κ2) is 16.0. The molecule has 47 heavy (non-hydrogen) atoms. The van der Waals surface area contributed by atoms with E-state index in [1.165, 1.54) is 61.6 Å². The van der Waals surface area contributed by atoms with Crippen molar-refractivity contribution in [1.82, 2.24) is 10.2 Å². The van der Waals surface area contributed by atoms with Crippen molar-refractivity contribution in [2.45, 2.75) is 43.8 Å². The maximum absolute atomic E-state index is 14.5. The summed E-state index contributed by atoms with van der Waals surface area (Å²) in [6, 6.07) is 25.4. The largest absolute Gasteiger partial charge is 0.493 e. The summed E-state index contributed by atoms with van der Waals surface area (Å²) in [5.41, 5.74) is 1.74. The molecular weight excluding hydrogens is 661 g/mol. The molecule has 0 heterocycles. The number of hydrogen-bond acceptors (Lipinski definition) is 6. The van der Waals surface area contributed by atoms with E-state index in [-0.39, 0.29) is 41.2 Å². The van der Waals surface area contributed by atoms with Crippen LogP contribution in [-0.4, -0.2) is 58.0 Å². The van der Waals surface area contributed by atoms with Gasteiger partial charge in [-0.05, 0) is 73.5 Å². The maximum Gasteiger partial charge on any atom is 0.264 e. The standard InChI is InChI=1S/C35H37Cl2N3O6S/c1-24(2)38-35(42)31(20-25-8-6-5-7-9-25)39(22-26-10-12-27(36)13-11-26)34(41)23-40(29-16-14-28(37)15-17-29)47(43,44)30-18-19-32(45-3)33(21-30)46-4/h5-19,21,24,31H,20,22-23H2,1-4H3,(H,38,42)/t31-/m1/s1. The Morgan fingerprint density at radius 2 is 1.38 bits per heavy atom. The second-order valence-corrected chi connectivity index (χ2v) is 13.8. The number of hydrogen-bond donors (Lipinski definition) is 1. The van der Waals surface area contributed by atoms with Crippen LogP contribution in [0.1, 0.15) is 25.0 Å². The van der Waals surface area contributed by atoms with Crippen LogP contribution in [0.15, 0.2) is 102 Å². The fraction of sp³-hybridized carbons (Fsp3) is 0.257. The van der Waals surface area contributed by atoms with Gasteiger partial charge in [0.2, 0.25) is 11.8 Å². The molecule has 4 rings (SSSR count). The van der Waals surface area contributed by atoms with Crippen LogP contribution in [0.5, 0.6) is 11.5 Å². The van der Waals surface area contributed by atoms with Crippen molar-refractivity contribution in [3.8, 4) is 11.5 Å². The SMILES string of the molecule is COc1ccc(S(=O)(=O)N(CC(=O)N(Cc2ccc(Cl)cc2)[C@H](Cc2ccccc2)C(=O)NC(C)C)c2ccc(Cl)cc2)cc1OC. The minimum absolute atomic E-state index is 0.0177. The number of carbonyl (C=O) groups excluding carboxylic acids is 2.